The topological polar surface area (TPSA) is 113 Å². The number of halogens is 1. The van der Waals surface area contributed by atoms with Crippen molar-refractivity contribution in [3.05, 3.63) is 59.1 Å². The van der Waals surface area contributed by atoms with Crippen LogP contribution < -0.4 is 10.0 Å². The Morgan fingerprint density at radius 3 is 2.20 bits per heavy atom. The number of nitrogens with one attached hydrogen (secondary N) is 2. The fourth-order valence-corrected chi connectivity index (χ4v) is 5.53. The Kier molecular flexibility index (Phi) is 8.39. The van der Waals surface area contributed by atoms with Crippen LogP contribution in [0.5, 0.6) is 0 Å². The van der Waals surface area contributed by atoms with Crippen LogP contribution in [0.2, 0.25) is 5.02 Å². The number of rotatable bonds is 10. The van der Waals surface area contributed by atoms with Crippen molar-refractivity contribution in [1.82, 2.24) is 14.3 Å². The standard InChI is InChI=1S/C19H24ClN3O5S2/c1-3-23(4-2)30(27,28)18-10-5-7-15(13-18)19(24)21-11-12-22-29(25,26)17-9-6-8-16(20)14-17/h5-10,13-14,22H,3-4,11-12H2,1-2H3,(H,21,24). The first kappa shape index (κ1) is 24.3. The summed E-state index contributed by atoms with van der Waals surface area (Å²) in [5, 5.41) is 2.87. The largest absolute Gasteiger partial charge is 0.351 e. The average molecular weight is 474 g/mol. The first-order valence-corrected chi connectivity index (χ1v) is 12.6. The maximum absolute atomic E-state index is 12.6. The van der Waals surface area contributed by atoms with E-state index < -0.39 is 26.0 Å². The zero-order chi connectivity index (χ0) is 22.4. The van der Waals surface area contributed by atoms with Crippen LogP contribution in [-0.4, -0.2) is 53.2 Å². The highest BCUT2D eigenvalue weighted by Gasteiger charge is 2.22. The van der Waals surface area contributed by atoms with Crippen molar-refractivity contribution >= 4 is 37.6 Å². The molecule has 0 atom stereocenters. The minimum atomic E-state index is -3.76. The van der Waals surface area contributed by atoms with Gasteiger partial charge in [-0.3, -0.25) is 4.79 Å². The molecular weight excluding hydrogens is 450 g/mol. The van der Waals surface area contributed by atoms with Gasteiger partial charge in [0.1, 0.15) is 0 Å². The van der Waals surface area contributed by atoms with E-state index in [1.54, 1.807) is 19.9 Å². The van der Waals surface area contributed by atoms with E-state index >= 15 is 0 Å². The summed E-state index contributed by atoms with van der Waals surface area (Å²) < 4.78 is 53.3. The van der Waals surface area contributed by atoms with Crippen molar-refractivity contribution in [3.8, 4) is 0 Å². The molecule has 1 amide bonds. The second-order valence-electron chi connectivity index (χ2n) is 6.23. The molecule has 0 radical (unpaired) electrons. The van der Waals surface area contributed by atoms with Gasteiger partial charge in [0.25, 0.3) is 5.91 Å². The molecule has 2 rings (SSSR count). The Morgan fingerprint density at radius 1 is 0.933 bits per heavy atom. The van der Waals surface area contributed by atoms with Crippen molar-refractivity contribution in [2.24, 2.45) is 0 Å². The molecule has 11 heteroatoms. The van der Waals surface area contributed by atoms with E-state index in [0.29, 0.717) is 18.1 Å². The lowest BCUT2D eigenvalue weighted by Gasteiger charge is -2.18. The van der Waals surface area contributed by atoms with E-state index in [9.17, 15) is 21.6 Å². The molecule has 2 N–H and O–H groups in total. The molecule has 0 fully saturated rings. The van der Waals surface area contributed by atoms with Gasteiger partial charge in [0.2, 0.25) is 20.0 Å². The summed E-state index contributed by atoms with van der Waals surface area (Å²) in [7, 11) is -7.44. The van der Waals surface area contributed by atoms with E-state index in [1.165, 1.54) is 46.8 Å². The van der Waals surface area contributed by atoms with Gasteiger partial charge in [0, 0.05) is 36.8 Å². The van der Waals surface area contributed by atoms with Crippen molar-refractivity contribution in [2.75, 3.05) is 26.2 Å². The van der Waals surface area contributed by atoms with Gasteiger partial charge in [-0.1, -0.05) is 37.6 Å². The molecule has 8 nitrogen and oxygen atoms in total. The lowest BCUT2D eigenvalue weighted by atomic mass is 10.2. The Labute approximate surface area is 182 Å². The molecule has 0 bridgehead atoms. The number of nitrogens with zero attached hydrogens (tertiary/aromatic N) is 1. The van der Waals surface area contributed by atoms with Gasteiger partial charge in [0.05, 0.1) is 9.79 Å². The molecule has 164 valence electrons. The molecule has 0 unspecified atom stereocenters. The number of carbonyl (C=O) groups is 1. The van der Waals surface area contributed by atoms with Crippen LogP contribution in [0, 0.1) is 0 Å². The summed E-state index contributed by atoms with van der Waals surface area (Å²) in [6.07, 6.45) is 0. The Bertz CT molecular complexity index is 1100. The SMILES string of the molecule is CCN(CC)S(=O)(=O)c1cccc(C(=O)NCCNS(=O)(=O)c2cccc(Cl)c2)c1. The molecule has 0 aliphatic rings. The first-order valence-electron chi connectivity index (χ1n) is 9.25. The maximum Gasteiger partial charge on any atom is 0.251 e. The molecular formula is C19H24ClN3O5S2. The van der Waals surface area contributed by atoms with Gasteiger partial charge < -0.3 is 5.32 Å². The quantitative estimate of drug-likeness (QED) is 0.513. The average Bonchev–Trinajstić information content (AvgIpc) is 2.72. The third kappa shape index (κ3) is 6.02. The van der Waals surface area contributed by atoms with Crippen molar-refractivity contribution in [2.45, 2.75) is 23.6 Å². The molecule has 0 heterocycles. The predicted molar refractivity (Wildman–Crippen MR) is 116 cm³/mol. The second kappa shape index (κ2) is 10.4. The summed E-state index contributed by atoms with van der Waals surface area (Å²) in [6, 6.07) is 11.6. The van der Waals surface area contributed by atoms with E-state index in [2.05, 4.69) is 10.0 Å². The fourth-order valence-electron chi connectivity index (χ4n) is 2.69. The lowest BCUT2D eigenvalue weighted by Crippen LogP contribution is -2.35. The van der Waals surface area contributed by atoms with Crippen LogP contribution in [0.1, 0.15) is 24.2 Å². The van der Waals surface area contributed by atoms with Crippen LogP contribution in [-0.2, 0) is 20.0 Å². The summed E-state index contributed by atoms with van der Waals surface area (Å²) in [6.45, 7) is 4.10. The number of hydrogen-bond donors (Lipinski definition) is 2. The van der Waals surface area contributed by atoms with Gasteiger partial charge in [-0.25, -0.2) is 21.6 Å². The zero-order valence-electron chi connectivity index (χ0n) is 16.6. The van der Waals surface area contributed by atoms with Crippen LogP contribution in [0.3, 0.4) is 0 Å². The molecule has 0 aliphatic heterocycles. The lowest BCUT2D eigenvalue weighted by molar-refractivity contribution is 0.0954. The molecule has 0 saturated carbocycles. The number of hydrogen-bond acceptors (Lipinski definition) is 5. The minimum absolute atomic E-state index is 0.0195. The summed E-state index contributed by atoms with van der Waals surface area (Å²) >= 11 is 5.81. The maximum atomic E-state index is 12.6. The van der Waals surface area contributed by atoms with Gasteiger partial charge in [-0.2, -0.15) is 4.31 Å². The second-order valence-corrected chi connectivity index (χ2v) is 10.4. The van der Waals surface area contributed by atoms with Crippen molar-refractivity contribution in [1.29, 1.82) is 0 Å². The predicted octanol–water partition coefficient (Wildman–Crippen LogP) is 2.08. The van der Waals surface area contributed by atoms with E-state index in [0.717, 1.165) is 0 Å². The normalized spacial score (nSPS) is 12.1. The fraction of sp³-hybridized carbons (Fsp3) is 0.316. The number of benzene rings is 2. The molecule has 0 saturated heterocycles. The highest BCUT2D eigenvalue weighted by molar-refractivity contribution is 7.89. The van der Waals surface area contributed by atoms with Crippen LogP contribution in [0.25, 0.3) is 0 Å². The van der Waals surface area contributed by atoms with Gasteiger partial charge in [-0.05, 0) is 36.4 Å². The highest BCUT2D eigenvalue weighted by atomic mass is 35.5. The Balaban J connectivity index is 1.99. The monoisotopic (exact) mass is 473 g/mol. The Morgan fingerprint density at radius 2 is 1.57 bits per heavy atom. The minimum Gasteiger partial charge on any atom is -0.351 e. The third-order valence-corrected chi connectivity index (χ3v) is 7.99. The molecule has 2 aromatic carbocycles. The molecule has 2 aromatic rings. The first-order chi connectivity index (χ1) is 14.1. The van der Waals surface area contributed by atoms with Crippen molar-refractivity contribution in [3.63, 3.8) is 0 Å². The van der Waals surface area contributed by atoms with Gasteiger partial charge in [0.15, 0.2) is 0 Å². The molecule has 0 aliphatic carbocycles. The molecule has 30 heavy (non-hydrogen) atoms. The van der Waals surface area contributed by atoms with Crippen LogP contribution in [0.4, 0.5) is 0 Å². The third-order valence-electron chi connectivity index (χ3n) is 4.25. The zero-order valence-corrected chi connectivity index (χ0v) is 19.0. The number of amides is 1. The van der Waals surface area contributed by atoms with Crippen LogP contribution >= 0.6 is 11.6 Å². The smallest absolute Gasteiger partial charge is 0.251 e. The highest BCUT2D eigenvalue weighted by Crippen LogP contribution is 2.17. The summed E-state index contributed by atoms with van der Waals surface area (Å²) in [4.78, 5) is 12.4. The van der Waals surface area contributed by atoms with E-state index in [4.69, 9.17) is 11.6 Å². The van der Waals surface area contributed by atoms with E-state index in [-0.39, 0.29) is 28.4 Å². The number of carbonyl (C=O) groups excluding carboxylic acids is 1. The van der Waals surface area contributed by atoms with Crippen LogP contribution in [0.15, 0.2) is 58.3 Å². The number of sulfonamides is 2. The van der Waals surface area contributed by atoms with E-state index in [1.807, 2.05) is 0 Å². The molecule has 0 spiro atoms. The summed E-state index contributed by atoms with van der Waals surface area (Å²) in [5.74, 6) is -0.506. The van der Waals surface area contributed by atoms with Gasteiger partial charge in [-0.15, -0.1) is 0 Å². The van der Waals surface area contributed by atoms with Crippen molar-refractivity contribution < 1.29 is 21.6 Å². The molecule has 0 aromatic heterocycles. The van der Waals surface area contributed by atoms with Gasteiger partial charge >= 0.3 is 0 Å². The Hall–Kier alpha value is -1.98. The summed E-state index contributed by atoms with van der Waals surface area (Å²) in [5.41, 5.74) is 0.168.